The average molecular weight is 597 g/mol. The molecular formula is C44H40N2. The van der Waals surface area contributed by atoms with Gasteiger partial charge in [-0.3, -0.25) is 0 Å². The molecule has 0 saturated heterocycles. The monoisotopic (exact) mass is 596 g/mol. The molecule has 2 nitrogen and oxygen atoms in total. The van der Waals surface area contributed by atoms with E-state index in [4.69, 9.17) is 0 Å². The van der Waals surface area contributed by atoms with Crippen LogP contribution in [-0.2, 0) is 25.7 Å². The van der Waals surface area contributed by atoms with Crippen LogP contribution in [0.25, 0.3) is 11.1 Å². The highest BCUT2D eigenvalue weighted by atomic mass is 15.1. The van der Waals surface area contributed by atoms with E-state index in [-0.39, 0.29) is 0 Å². The molecule has 0 amide bonds. The summed E-state index contributed by atoms with van der Waals surface area (Å²) in [6.45, 7) is 8.63. The molecule has 0 atom stereocenters. The molecule has 0 saturated carbocycles. The maximum Gasteiger partial charge on any atom is 0.0467 e. The molecular weight excluding hydrogens is 556 g/mol. The summed E-state index contributed by atoms with van der Waals surface area (Å²) in [7, 11) is 0. The Morgan fingerprint density at radius 1 is 0.304 bits per heavy atom. The molecule has 46 heavy (non-hydrogen) atoms. The third-order valence-corrected chi connectivity index (χ3v) is 9.84. The van der Waals surface area contributed by atoms with Crippen molar-refractivity contribution in [3.8, 4) is 11.1 Å². The van der Waals surface area contributed by atoms with Crippen molar-refractivity contribution in [1.29, 1.82) is 0 Å². The zero-order chi connectivity index (χ0) is 31.4. The molecule has 6 aromatic rings. The number of benzene rings is 6. The van der Waals surface area contributed by atoms with Crippen LogP contribution in [0.1, 0.15) is 44.5 Å². The van der Waals surface area contributed by atoms with E-state index in [1.807, 2.05) is 0 Å². The van der Waals surface area contributed by atoms with Crippen LogP contribution in [0, 0.1) is 27.7 Å². The van der Waals surface area contributed by atoms with Crippen molar-refractivity contribution in [1.82, 2.24) is 0 Å². The Hall–Kier alpha value is -5.08. The predicted molar refractivity (Wildman–Crippen MR) is 195 cm³/mol. The lowest BCUT2D eigenvalue weighted by Gasteiger charge is -2.34. The van der Waals surface area contributed by atoms with E-state index in [1.165, 1.54) is 89.8 Å². The van der Waals surface area contributed by atoms with Crippen molar-refractivity contribution in [2.45, 2.75) is 53.4 Å². The Balaban J connectivity index is 1.24. The van der Waals surface area contributed by atoms with E-state index >= 15 is 0 Å². The van der Waals surface area contributed by atoms with E-state index < -0.39 is 0 Å². The summed E-state index contributed by atoms with van der Waals surface area (Å²) in [6.07, 6.45) is 4.21. The second-order valence-corrected chi connectivity index (χ2v) is 13.3. The summed E-state index contributed by atoms with van der Waals surface area (Å²) in [4.78, 5) is 4.87. The molecule has 0 heterocycles. The number of hydrogen-bond donors (Lipinski definition) is 0. The first kappa shape index (κ1) is 28.4. The second-order valence-electron chi connectivity index (χ2n) is 13.3. The Labute approximate surface area is 273 Å². The third kappa shape index (κ3) is 5.08. The van der Waals surface area contributed by atoms with Crippen LogP contribution in [0.5, 0.6) is 0 Å². The number of hydrogen-bond acceptors (Lipinski definition) is 2. The molecule has 8 rings (SSSR count). The van der Waals surface area contributed by atoms with Crippen LogP contribution in [0.3, 0.4) is 0 Å². The molecule has 0 N–H and O–H groups in total. The van der Waals surface area contributed by atoms with Crippen molar-refractivity contribution in [2.24, 2.45) is 0 Å². The first-order valence-corrected chi connectivity index (χ1v) is 16.6. The number of nitrogens with zero attached hydrogens (tertiary/aromatic N) is 2. The maximum atomic E-state index is 2.47. The maximum absolute atomic E-state index is 2.47. The van der Waals surface area contributed by atoms with Gasteiger partial charge >= 0.3 is 0 Å². The summed E-state index contributed by atoms with van der Waals surface area (Å²) in [5, 5.41) is 0. The molecule has 0 aliphatic heterocycles. The molecule has 0 unspecified atom stereocenters. The van der Waals surface area contributed by atoms with E-state index in [0.29, 0.717) is 0 Å². The number of rotatable bonds is 6. The van der Waals surface area contributed by atoms with Gasteiger partial charge in [-0.05, 0) is 160 Å². The summed E-state index contributed by atoms with van der Waals surface area (Å²) in [5.74, 6) is 0. The molecule has 2 aliphatic carbocycles. The Morgan fingerprint density at radius 2 is 0.522 bits per heavy atom. The van der Waals surface area contributed by atoms with Crippen LogP contribution in [-0.4, -0.2) is 0 Å². The number of anilines is 6. The lowest BCUT2D eigenvalue weighted by Crippen LogP contribution is -2.18. The first-order valence-electron chi connectivity index (χ1n) is 16.6. The summed E-state index contributed by atoms with van der Waals surface area (Å²) in [6, 6.07) is 45.6. The fourth-order valence-corrected chi connectivity index (χ4v) is 7.40. The third-order valence-electron chi connectivity index (χ3n) is 9.84. The van der Waals surface area contributed by atoms with Gasteiger partial charge in [0.1, 0.15) is 0 Å². The van der Waals surface area contributed by atoms with Crippen molar-refractivity contribution in [3.63, 3.8) is 0 Å². The van der Waals surface area contributed by atoms with Gasteiger partial charge in [-0.2, -0.15) is 0 Å². The summed E-state index contributed by atoms with van der Waals surface area (Å²) in [5.41, 5.74) is 21.3. The van der Waals surface area contributed by atoms with Gasteiger partial charge in [0.25, 0.3) is 0 Å². The fourth-order valence-electron chi connectivity index (χ4n) is 7.40. The van der Waals surface area contributed by atoms with Crippen molar-refractivity contribution in [2.75, 3.05) is 9.80 Å². The van der Waals surface area contributed by atoms with Crippen LogP contribution >= 0.6 is 0 Å². The molecule has 0 spiro atoms. The Morgan fingerprint density at radius 3 is 0.739 bits per heavy atom. The van der Waals surface area contributed by atoms with Crippen LogP contribution in [0.4, 0.5) is 34.1 Å². The predicted octanol–water partition coefficient (Wildman–Crippen LogP) is 11.7. The SMILES string of the molecule is Cc1ccc(N(c2ccc(C)cc2)c2cc3c4c(c2)CCc2cc(N(c5ccc(C)cc5)c5ccc(C)cc5)cc(c2-4)CC3)cc1. The van der Waals surface area contributed by atoms with E-state index in [2.05, 4.69) is 159 Å². The lowest BCUT2D eigenvalue weighted by molar-refractivity contribution is 0.875. The molecule has 0 fully saturated rings. The molecule has 0 aromatic heterocycles. The van der Waals surface area contributed by atoms with E-state index in [0.717, 1.165) is 25.7 Å². The minimum Gasteiger partial charge on any atom is -0.310 e. The van der Waals surface area contributed by atoms with E-state index in [1.54, 1.807) is 0 Å². The lowest BCUT2D eigenvalue weighted by atomic mass is 9.75. The zero-order valence-electron chi connectivity index (χ0n) is 27.3. The van der Waals surface area contributed by atoms with Crippen LogP contribution in [0.15, 0.2) is 121 Å². The fraction of sp³-hybridized carbons (Fsp3) is 0.182. The van der Waals surface area contributed by atoms with Gasteiger partial charge in [0.15, 0.2) is 0 Å². The second kappa shape index (κ2) is 11.4. The number of aryl methyl sites for hydroxylation is 8. The van der Waals surface area contributed by atoms with Gasteiger partial charge in [-0.25, -0.2) is 0 Å². The van der Waals surface area contributed by atoms with Crippen molar-refractivity contribution >= 4 is 34.1 Å². The summed E-state index contributed by atoms with van der Waals surface area (Å²) >= 11 is 0. The molecule has 226 valence electrons. The average Bonchev–Trinajstić information content (AvgIpc) is 3.07. The van der Waals surface area contributed by atoms with Crippen LogP contribution in [0.2, 0.25) is 0 Å². The highest BCUT2D eigenvalue weighted by Gasteiger charge is 2.29. The molecule has 6 aromatic carbocycles. The Kier molecular flexibility index (Phi) is 7.02. The van der Waals surface area contributed by atoms with Gasteiger partial charge in [0, 0.05) is 34.1 Å². The zero-order valence-corrected chi connectivity index (χ0v) is 27.3. The molecule has 0 bridgehead atoms. The minimum absolute atomic E-state index is 1.05. The summed E-state index contributed by atoms with van der Waals surface area (Å²) < 4.78 is 0. The highest BCUT2D eigenvalue weighted by Crippen LogP contribution is 2.48. The van der Waals surface area contributed by atoms with Gasteiger partial charge in [-0.1, -0.05) is 70.8 Å². The first-order chi connectivity index (χ1) is 22.4. The minimum atomic E-state index is 1.05. The van der Waals surface area contributed by atoms with Gasteiger partial charge < -0.3 is 9.80 Å². The largest absolute Gasteiger partial charge is 0.310 e. The standard InChI is InChI=1S/C44H40N2/c1-29-5-17-37(18-6-29)45(38-19-7-30(2)8-20-38)41-25-33-13-15-35-27-42(28-36-16-14-34(26-41)43(33)44(35)36)46(39-21-9-31(3)10-22-39)40-23-11-32(4)12-24-40/h5-12,17-28H,13-16H2,1-4H3. The quantitative estimate of drug-likeness (QED) is 0.189. The molecule has 2 aliphatic rings. The highest BCUT2D eigenvalue weighted by molar-refractivity contribution is 5.88. The smallest absolute Gasteiger partial charge is 0.0467 e. The van der Waals surface area contributed by atoms with E-state index in [9.17, 15) is 0 Å². The molecule has 2 heteroatoms. The molecule has 0 radical (unpaired) electrons. The van der Waals surface area contributed by atoms with Gasteiger partial charge in [0.05, 0.1) is 0 Å². The topological polar surface area (TPSA) is 6.48 Å². The van der Waals surface area contributed by atoms with Crippen LogP contribution < -0.4 is 9.80 Å². The Bertz CT molecular complexity index is 1760. The van der Waals surface area contributed by atoms with Gasteiger partial charge in [-0.15, -0.1) is 0 Å². The normalized spacial score (nSPS) is 12.9. The van der Waals surface area contributed by atoms with Gasteiger partial charge in [0.2, 0.25) is 0 Å². The van der Waals surface area contributed by atoms with Crippen molar-refractivity contribution < 1.29 is 0 Å². The van der Waals surface area contributed by atoms with Crippen molar-refractivity contribution in [3.05, 3.63) is 166 Å².